The molecule has 28 heavy (non-hydrogen) atoms. The molecule has 1 aliphatic carbocycles. The molecule has 1 aromatic heterocycles. The summed E-state index contributed by atoms with van der Waals surface area (Å²) in [4.78, 5) is 14.8. The number of benzene rings is 1. The van der Waals surface area contributed by atoms with Crippen LogP contribution in [0.3, 0.4) is 0 Å². The molecule has 0 saturated heterocycles. The molecule has 0 fully saturated rings. The standard InChI is InChI=1S/C22H28N2O4/c1-5-24(12-15-6-7-18-19(9-15)27-13-26-18)21(25)23-17-10-22(3,4)11-20-16(17)8-14(2)28-20/h6-9,17H,5,10-13H2,1-4H3,(H,23,25)/t17-/m0/s1. The molecule has 0 unspecified atom stereocenters. The van der Waals surface area contributed by atoms with Crippen LogP contribution in [0.15, 0.2) is 28.7 Å². The number of hydrogen-bond acceptors (Lipinski definition) is 4. The molecule has 6 heteroatoms. The van der Waals surface area contributed by atoms with Crippen LogP contribution in [0.2, 0.25) is 0 Å². The van der Waals surface area contributed by atoms with Gasteiger partial charge < -0.3 is 24.1 Å². The van der Waals surface area contributed by atoms with Crippen LogP contribution in [-0.4, -0.2) is 24.3 Å². The van der Waals surface area contributed by atoms with Gasteiger partial charge in [0, 0.05) is 25.1 Å². The maximum Gasteiger partial charge on any atom is 0.318 e. The summed E-state index contributed by atoms with van der Waals surface area (Å²) in [6.07, 6.45) is 1.80. The van der Waals surface area contributed by atoms with Gasteiger partial charge >= 0.3 is 6.03 Å². The van der Waals surface area contributed by atoms with Crippen molar-refractivity contribution in [3.05, 3.63) is 46.9 Å². The zero-order valence-electron chi connectivity index (χ0n) is 17.0. The van der Waals surface area contributed by atoms with Crippen molar-refractivity contribution in [1.29, 1.82) is 0 Å². The molecule has 0 saturated carbocycles. The third kappa shape index (κ3) is 3.68. The van der Waals surface area contributed by atoms with Crippen molar-refractivity contribution in [2.75, 3.05) is 13.3 Å². The van der Waals surface area contributed by atoms with E-state index in [1.807, 2.05) is 36.9 Å². The molecule has 0 bridgehead atoms. The van der Waals surface area contributed by atoms with Gasteiger partial charge in [0.25, 0.3) is 0 Å². The van der Waals surface area contributed by atoms with Crippen LogP contribution in [0.1, 0.15) is 55.9 Å². The van der Waals surface area contributed by atoms with E-state index in [1.54, 1.807) is 0 Å². The van der Waals surface area contributed by atoms with Gasteiger partial charge in [0.05, 0.1) is 6.04 Å². The van der Waals surface area contributed by atoms with Gasteiger partial charge in [-0.15, -0.1) is 0 Å². The SMILES string of the molecule is CCN(Cc1ccc2c(c1)OCO2)C(=O)N[C@H]1CC(C)(C)Cc2oc(C)cc21. The minimum Gasteiger partial charge on any atom is -0.466 e. The maximum absolute atomic E-state index is 13.0. The molecule has 2 heterocycles. The van der Waals surface area contributed by atoms with E-state index in [2.05, 4.69) is 25.2 Å². The Kier molecular flexibility index (Phi) is 4.73. The summed E-state index contributed by atoms with van der Waals surface area (Å²) in [5, 5.41) is 3.24. The molecule has 6 nitrogen and oxygen atoms in total. The quantitative estimate of drug-likeness (QED) is 0.839. The Balaban J connectivity index is 1.48. The first kappa shape index (κ1) is 18.7. The second-order valence-corrected chi connectivity index (χ2v) is 8.48. The monoisotopic (exact) mass is 384 g/mol. The Morgan fingerprint density at radius 3 is 2.82 bits per heavy atom. The summed E-state index contributed by atoms with van der Waals surface area (Å²) in [7, 11) is 0. The van der Waals surface area contributed by atoms with E-state index in [0.717, 1.165) is 47.0 Å². The van der Waals surface area contributed by atoms with Crippen molar-refractivity contribution in [3.8, 4) is 11.5 Å². The molecule has 2 aliphatic rings. The smallest absolute Gasteiger partial charge is 0.318 e. The van der Waals surface area contributed by atoms with Gasteiger partial charge in [0.1, 0.15) is 11.5 Å². The average molecular weight is 384 g/mol. The van der Waals surface area contributed by atoms with Crippen molar-refractivity contribution in [2.45, 2.75) is 53.1 Å². The predicted octanol–water partition coefficient (Wildman–Crippen LogP) is 4.56. The second-order valence-electron chi connectivity index (χ2n) is 8.48. The summed E-state index contributed by atoms with van der Waals surface area (Å²) in [6, 6.07) is 7.78. The van der Waals surface area contributed by atoms with Gasteiger partial charge in [-0.05, 0) is 49.4 Å². The van der Waals surface area contributed by atoms with Gasteiger partial charge in [0.15, 0.2) is 11.5 Å². The van der Waals surface area contributed by atoms with E-state index >= 15 is 0 Å². The van der Waals surface area contributed by atoms with Crippen molar-refractivity contribution in [3.63, 3.8) is 0 Å². The lowest BCUT2D eigenvalue weighted by Crippen LogP contribution is -2.43. The molecule has 1 aliphatic heterocycles. The first-order valence-corrected chi connectivity index (χ1v) is 9.88. The third-order valence-electron chi connectivity index (χ3n) is 5.51. The number of fused-ring (bicyclic) bond motifs is 2. The van der Waals surface area contributed by atoms with E-state index < -0.39 is 0 Å². The minimum absolute atomic E-state index is 0.0329. The van der Waals surface area contributed by atoms with Gasteiger partial charge in [-0.3, -0.25) is 0 Å². The first-order chi connectivity index (χ1) is 13.3. The van der Waals surface area contributed by atoms with Gasteiger partial charge in [-0.25, -0.2) is 4.79 Å². The fourth-order valence-electron chi connectivity index (χ4n) is 4.14. The molecule has 2 aromatic rings. The molecule has 0 spiro atoms. The van der Waals surface area contributed by atoms with E-state index in [0.29, 0.717) is 13.1 Å². The van der Waals surface area contributed by atoms with Crippen molar-refractivity contribution in [1.82, 2.24) is 10.2 Å². The molecule has 1 aromatic carbocycles. The number of urea groups is 1. The fraction of sp³-hybridized carbons (Fsp3) is 0.500. The number of ether oxygens (including phenoxy) is 2. The lowest BCUT2D eigenvalue weighted by Gasteiger charge is -2.35. The van der Waals surface area contributed by atoms with Crippen molar-refractivity contribution in [2.24, 2.45) is 5.41 Å². The van der Waals surface area contributed by atoms with E-state index in [4.69, 9.17) is 13.9 Å². The van der Waals surface area contributed by atoms with E-state index in [1.165, 1.54) is 0 Å². The van der Waals surface area contributed by atoms with Crippen molar-refractivity contribution < 1.29 is 18.7 Å². The maximum atomic E-state index is 13.0. The third-order valence-corrected chi connectivity index (χ3v) is 5.51. The highest BCUT2D eigenvalue weighted by molar-refractivity contribution is 5.75. The lowest BCUT2D eigenvalue weighted by molar-refractivity contribution is 0.173. The number of nitrogens with one attached hydrogen (secondary N) is 1. The zero-order valence-corrected chi connectivity index (χ0v) is 17.0. The van der Waals surface area contributed by atoms with Crippen LogP contribution in [0.25, 0.3) is 0 Å². The Hall–Kier alpha value is -2.63. The highest BCUT2D eigenvalue weighted by Gasteiger charge is 2.36. The number of hydrogen-bond donors (Lipinski definition) is 1. The zero-order chi connectivity index (χ0) is 19.9. The lowest BCUT2D eigenvalue weighted by atomic mass is 9.75. The molecule has 2 amide bonds. The fourth-order valence-corrected chi connectivity index (χ4v) is 4.14. The van der Waals surface area contributed by atoms with E-state index in [-0.39, 0.29) is 24.3 Å². The first-order valence-electron chi connectivity index (χ1n) is 9.88. The number of furan rings is 1. The number of rotatable bonds is 4. The predicted molar refractivity (Wildman–Crippen MR) is 105 cm³/mol. The topological polar surface area (TPSA) is 63.9 Å². The van der Waals surface area contributed by atoms with Crippen LogP contribution in [-0.2, 0) is 13.0 Å². The number of carbonyl (C=O) groups is 1. The summed E-state index contributed by atoms with van der Waals surface area (Å²) in [5.74, 6) is 3.39. The van der Waals surface area contributed by atoms with Crippen LogP contribution >= 0.6 is 0 Å². The van der Waals surface area contributed by atoms with E-state index in [9.17, 15) is 4.79 Å². The average Bonchev–Trinajstić information content (AvgIpc) is 3.23. The van der Waals surface area contributed by atoms with Gasteiger partial charge in [0.2, 0.25) is 6.79 Å². The highest BCUT2D eigenvalue weighted by atomic mass is 16.7. The van der Waals surface area contributed by atoms with Crippen molar-refractivity contribution >= 4 is 6.03 Å². The Bertz CT molecular complexity index is 887. The number of carbonyl (C=O) groups excluding carboxylic acids is 1. The number of aryl methyl sites for hydroxylation is 1. The minimum atomic E-state index is -0.0623. The molecule has 1 N–H and O–H groups in total. The van der Waals surface area contributed by atoms with Crippen LogP contribution in [0, 0.1) is 12.3 Å². The molecule has 1 atom stereocenters. The summed E-state index contributed by atoms with van der Waals surface area (Å²) < 4.78 is 16.7. The molecule has 0 radical (unpaired) electrons. The Morgan fingerprint density at radius 1 is 1.25 bits per heavy atom. The summed E-state index contributed by atoms with van der Waals surface area (Å²) >= 11 is 0. The van der Waals surface area contributed by atoms with Gasteiger partial charge in [-0.2, -0.15) is 0 Å². The largest absolute Gasteiger partial charge is 0.466 e. The van der Waals surface area contributed by atoms with Gasteiger partial charge in [-0.1, -0.05) is 19.9 Å². The molecule has 150 valence electrons. The second kappa shape index (κ2) is 7.08. The summed E-state index contributed by atoms with van der Waals surface area (Å²) in [6.45, 7) is 9.78. The molecule has 4 rings (SSSR count). The molecular weight excluding hydrogens is 356 g/mol. The van der Waals surface area contributed by atoms with Crippen LogP contribution < -0.4 is 14.8 Å². The Morgan fingerprint density at radius 2 is 2.04 bits per heavy atom. The molecular formula is C22H28N2O4. The number of nitrogens with zero attached hydrogens (tertiary/aromatic N) is 1. The van der Waals surface area contributed by atoms with Crippen LogP contribution in [0.5, 0.6) is 11.5 Å². The highest BCUT2D eigenvalue weighted by Crippen LogP contribution is 2.42. The summed E-state index contributed by atoms with van der Waals surface area (Å²) in [5.41, 5.74) is 2.22. The van der Waals surface area contributed by atoms with Crippen LogP contribution in [0.4, 0.5) is 4.79 Å². The number of amides is 2. The normalized spacial score (nSPS) is 19.2. The Labute approximate surface area is 165 Å².